The van der Waals surface area contributed by atoms with Crippen molar-refractivity contribution in [3.63, 3.8) is 0 Å². The van der Waals surface area contributed by atoms with Gasteiger partial charge in [0.05, 0.1) is 10.3 Å². The maximum Gasteiger partial charge on any atom is 0.410 e. The maximum absolute atomic E-state index is 13.2. The molecule has 0 radical (unpaired) electrons. The number of aromatic hydroxyl groups is 1. The van der Waals surface area contributed by atoms with E-state index in [0.29, 0.717) is 48.3 Å². The van der Waals surface area contributed by atoms with Crippen LogP contribution in [-0.2, 0) is 33.7 Å². The zero-order valence-corrected chi connectivity index (χ0v) is 27.0. The number of hydrogen-bond donors (Lipinski definition) is 2. The predicted octanol–water partition coefficient (Wildman–Crippen LogP) is 4.73. The quantitative estimate of drug-likeness (QED) is 0.177. The van der Waals surface area contributed by atoms with Crippen molar-refractivity contribution in [1.29, 1.82) is 0 Å². The van der Waals surface area contributed by atoms with Gasteiger partial charge in [0.15, 0.2) is 6.10 Å². The van der Waals surface area contributed by atoms with E-state index in [-0.39, 0.29) is 24.2 Å². The molecule has 0 saturated carbocycles. The average molecular weight is 695 g/mol. The fourth-order valence-electron chi connectivity index (χ4n) is 4.82. The van der Waals surface area contributed by atoms with E-state index >= 15 is 0 Å². The molecule has 45 heavy (non-hydrogen) atoms. The Morgan fingerprint density at radius 3 is 2.64 bits per heavy atom. The molecule has 234 valence electrons. The summed E-state index contributed by atoms with van der Waals surface area (Å²) >= 11 is 1.91. The Labute approximate surface area is 272 Å². The second kappa shape index (κ2) is 16.7. The Balaban J connectivity index is 1.40. The van der Waals surface area contributed by atoms with Gasteiger partial charge in [0.1, 0.15) is 22.9 Å². The number of fused-ring (bicyclic) bond motifs is 1. The maximum atomic E-state index is 13.2. The van der Waals surface area contributed by atoms with Crippen LogP contribution in [0.1, 0.15) is 30.9 Å². The van der Waals surface area contributed by atoms with Crippen molar-refractivity contribution in [2.75, 3.05) is 30.7 Å². The molecule has 4 rings (SSSR count). The van der Waals surface area contributed by atoms with Gasteiger partial charge >= 0.3 is 12.1 Å². The van der Waals surface area contributed by atoms with Crippen molar-refractivity contribution in [1.82, 2.24) is 9.80 Å². The number of rotatable bonds is 8. The van der Waals surface area contributed by atoms with Crippen molar-refractivity contribution in [2.45, 2.75) is 44.8 Å². The highest BCUT2D eigenvalue weighted by Crippen LogP contribution is 2.27. The van der Waals surface area contributed by atoms with Crippen LogP contribution in [0.15, 0.2) is 79.9 Å². The van der Waals surface area contributed by atoms with E-state index in [1.165, 1.54) is 23.1 Å². The van der Waals surface area contributed by atoms with Crippen LogP contribution in [0.3, 0.4) is 0 Å². The number of carbonyl (C=O) groups is 3. The molecule has 2 N–H and O–H groups in total. The monoisotopic (exact) mass is 693 g/mol. The largest absolute Gasteiger partial charge is 0.591 e. The second-order valence-electron chi connectivity index (χ2n) is 10.1. The normalized spacial score (nSPS) is 15.8. The summed E-state index contributed by atoms with van der Waals surface area (Å²) in [6.07, 6.45) is 2.69. The zero-order valence-electron chi connectivity index (χ0n) is 24.6. The van der Waals surface area contributed by atoms with Gasteiger partial charge in [-0.2, -0.15) is 4.99 Å². The Hall–Kier alpha value is -4.30. The fraction of sp³-hybridized carbons (Fsp3) is 0.344. The predicted molar refractivity (Wildman–Crippen MR) is 175 cm³/mol. The third-order valence-corrected chi connectivity index (χ3v) is 8.62. The molecule has 13 heteroatoms. The molecule has 2 aliphatic rings. The number of anilines is 1. The van der Waals surface area contributed by atoms with Crippen LogP contribution in [0.25, 0.3) is 0 Å². The molecule has 1 saturated heterocycles. The SMILES string of the molecule is CC[S+]([O-])N=C=C=CC=C=C=NC(=O)[C@@H](Cc1ccc(O)c(Br)c1)OC(=O)N1CCC(N2CCc3ccccc3NC2=O)CC1. The molecule has 11 nitrogen and oxygen atoms in total. The standard InChI is InChI=1S/C32H32BrN5O6S/c1-2-45(43)35-17-8-4-3-7-16-34-30(40)29(22-23-11-12-28(39)26(33)21-23)44-32(42)37-18-14-25(15-19-37)38-20-13-24-9-5-6-10-27(24)36-31(38)41/h3-6,9-12,21,25,29,39H,2,13-15,18-20,22H2,1H3,(H,36,41)/t29-,45?/m1/s1. The van der Waals surface area contributed by atoms with Crippen LogP contribution in [0.2, 0.25) is 0 Å². The van der Waals surface area contributed by atoms with Crippen LogP contribution < -0.4 is 5.32 Å². The molecule has 2 aliphatic heterocycles. The number of phenolic OH excluding ortho intramolecular Hbond substituents is 1. The molecule has 0 aliphatic carbocycles. The first-order valence-corrected chi connectivity index (χ1v) is 16.4. The van der Waals surface area contributed by atoms with E-state index in [9.17, 15) is 24.0 Å². The van der Waals surface area contributed by atoms with Gasteiger partial charge in [0, 0.05) is 43.7 Å². The zero-order chi connectivity index (χ0) is 32.2. The summed E-state index contributed by atoms with van der Waals surface area (Å²) < 4.78 is 20.9. The number of benzene rings is 2. The molecule has 1 unspecified atom stereocenters. The van der Waals surface area contributed by atoms with E-state index in [0.717, 1.165) is 17.7 Å². The number of likely N-dealkylation sites (tertiary alicyclic amines) is 1. The van der Waals surface area contributed by atoms with Gasteiger partial charge in [-0.3, -0.25) is 4.79 Å². The molecule has 4 amide bonds. The summed E-state index contributed by atoms with van der Waals surface area (Å²) in [5.41, 5.74) is 7.64. The summed E-state index contributed by atoms with van der Waals surface area (Å²) in [4.78, 5) is 46.2. The first-order valence-electron chi connectivity index (χ1n) is 14.3. The van der Waals surface area contributed by atoms with Crippen molar-refractivity contribution >= 4 is 62.8 Å². The number of phenols is 1. The van der Waals surface area contributed by atoms with Gasteiger partial charge in [-0.1, -0.05) is 24.3 Å². The summed E-state index contributed by atoms with van der Waals surface area (Å²) in [5, 5.41) is 12.8. The average Bonchev–Trinajstić information content (AvgIpc) is 3.21. The number of carbonyl (C=O) groups excluding carboxylic acids is 3. The van der Waals surface area contributed by atoms with Gasteiger partial charge < -0.3 is 29.5 Å². The van der Waals surface area contributed by atoms with Crippen LogP contribution >= 0.6 is 15.9 Å². The number of amides is 4. The summed E-state index contributed by atoms with van der Waals surface area (Å²) in [6, 6.07) is 12.3. The molecule has 0 spiro atoms. The number of piperidine rings is 1. The molecular weight excluding hydrogens is 662 g/mol. The minimum absolute atomic E-state index is 0.0109. The lowest BCUT2D eigenvalue weighted by Gasteiger charge is -2.37. The lowest BCUT2D eigenvalue weighted by molar-refractivity contribution is -0.126. The van der Waals surface area contributed by atoms with E-state index < -0.39 is 29.5 Å². The highest BCUT2D eigenvalue weighted by molar-refractivity contribution is 9.10. The molecule has 2 heterocycles. The number of para-hydroxylation sites is 1. The molecule has 2 aromatic carbocycles. The van der Waals surface area contributed by atoms with E-state index in [1.807, 2.05) is 29.2 Å². The number of urea groups is 1. The van der Waals surface area contributed by atoms with Crippen LogP contribution in [0, 0.1) is 0 Å². The van der Waals surface area contributed by atoms with Crippen LogP contribution in [0.5, 0.6) is 5.75 Å². The molecule has 1 fully saturated rings. The molecule has 2 aromatic rings. The number of halogens is 1. The topological polar surface area (TPSA) is 147 Å². The first-order chi connectivity index (χ1) is 21.7. The van der Waals surface area contributed by atoms with Crippen molar-refractivity contribution in [3.05, 3.63) is 81.7 Å². The number of aliphatic imine (C=N–C) groups is 1. The molecule has 2 atom stereocenters. The minimum atomic E-state index is -1.35. The van der Waals surface area contributed by atoms with Gasteiger partial charge in [0.25, 0.3) is 5.91 Å². The number of nitrogens with one attached hydrogen (secondary N) is 1. The van der Waals surface area contributed by atoms with E-state index in [4.69, 9.17) is 4.74 Å². The highest BCUT2D eigenvalue weighted by Gasteiger charge is 2.33. The Bertz CT molecular complexity index is 1620. The summed E-state index contributed by atoms with van der Waals surface area (Å²) in [6.45, 7) is 3.02. The third-order valence-electron chi connectivity index (χ3n) is 7.20. The van der Waals surface area contributed by atoms with Crippen LogP contribution in [-0.4, -0.2) is 86.8 Å². The minimum Gasteiger partial charge on any atom is -0.591 e. The lowest BCUT2D eigenvalue weighted by atomic mass is 10.0. The number of nitrogens with zero attached hydrogens (tertiary/aromatic N) is 4. The van der Waals surface area contributed by atoms with Crippen molar-refractivity contribution < 1.29 is 28.8 Å². The summed E-state index contributed by atoms with van der Waals surface area (Å²) in [5.74, 6) is 4.42. The Morgan fingerprint density at radius 1 is 1.18 bits per heavy atom. The number of allylic oxidation sites excluding steroid dienone is 2. The first kappa shape index (κ1) is 33.6. The lowest BCUT2D eigenvalue weighted by Crippen LogP contribution is -2.50. The Morgan fingerprint density at radius 2 is 1.91 bits per heavy atom. The number of hydrogen-bond acceptors (Lipinski definition) is 7. The van der Waals surface area contributed by atoms with Crippen molar-refractivity contribution in [3.8, 4) is 5.75 Å². The fourth-order valence-corrected chi connectivity index (χ4v) is 5.53. The molecular formula is C32H32BrN5O6S. The Kier molecular flexibility index (Phi) is 12.5. The smallest absolute Gasteiger partial charge is 0.410 e. The van der Waals surface area contributed by atoms with Gasteiger partial charge in [-0.25, -0.2) is 9.59 Å². The second-order valence-corrected chi connectivity index (χ2v) is 12.4. The van der Waals surface area contributed by atoms with Gasteiger partial charge in [-0.15, -0.1) is 0 Å². The molecule has 0 aromatic heterocycles. The number of ether oxygens (including phenoxy) is 1. The van der Waals surface area contributed by atoms with Crippen molar-refractivity contribution in [2.24, 2.45) is 9.39 Å². The van der Waals surface area contributed by atoms with E-state index in [1.54, 1.807) is 19.1 Å². The molecule has 0 bridgehead atoms. The third kappa shape index (κ3) is 9.85. The summed E-state index contributed by atoms with van der Waals surface area (Å²) in [7, 11) is 0. The van der Waals surface area contributed by atoms with Gasteiger partial charge in [-0.05, 0) is 99.5 Å². The highest BCUT2D eigenvalue weighted by atomic mass is 79.9. The van der Waals surface area contributed by atoms with Crippen LogP contribution in [0.4, 0.5) is 15.3 Å². The van der Waals surface area contributed by atoms with E-state index in [2.05, 4.69) is 53.8 Å². The van der Waals surface area contributed by atoms with Gasteiger partial charge in [0.2, 0.25) is 0 Å².